The third-order valence-electron chi connectivity index (χ3n) is 4.28. The van der Waals surface area contributed by atoms with E-state index in [4.69, 9.17) is 0 Å². The maximum absolute atomic E-state index is 11.7. The summed E-state index contributed by atoms with van der Waals surface area (Å²) in [5.74, 6) is 0.0593. The lowest BCUT2D eigenvalue weighted by Crippen LogP contribution is -2.31. The van der Waals surface area contributed by atoms with Crippen LogP contribution in [0.2, 0.25) is 0 Å². The first-order valence-corrected chi connectivity index (χ1v) is 8.68. The molecule has 0 spiro atoms. The van der Waals surface area contributed by atoms with Gasteiger partial charge in [-0.15, -0.1) is 0 Å². The number of aliphatic hydroxyl groups is 1. The standard InChI is InChI=1S/C21H27NO2/c1-3-4-14-20(23)22-16-15-21(2,24)19-13-9-8-12-18(19)17-10-6-5-7-11-17/h5-13,24H,3-4,14-16H2,1-2H3,(H,22,23). The average Bonchev–Trinajstić information content (AvgIpc) is 2.60. The predicted molar refractivity (Wildman–Crippen MR) is 98.6 cm³/mol. The summed E-state index contributed by atoms with van der Waals surface area (Å²) in [6.45, 7) is 4.35. The summed E-state index contributed by atoms with van der Waals surface area (Å²) in [7, 11) is 0. The third kappa shape index (κ3) is 4.93. The second kappa shape index (κ2) is 8.65. The van der Waals surface area contributed by atoms with Crippen LogP contribution in [0.4, 0.5) is 0 Å². The van der Waals surface area contributed by atoms with E-state index >= 15 is 0 Å². The van der Waals surface area contributed by atoms with Crippen LogP contribution in [0.1, 0.15) is 45.1 Å². The predicted octanol–water partition coefficient (Wildman–Crippen LogP) is 4.26. The Morgan fingerprint density at radius 1 is 1.08 bits per heavy atom. The Morgan fingerprint density at radius 2 is 1.75 bits per heavy atom. The molecule has 0 heterocycles. The van der Waals surface area contributed by atoms with Crippen molar-refractivity contribution in [3.8, 4) is 11.1 Å². The average molecular weight is 325 g/mol. The molecule has 0 aromatic heterocycles. The number of nitrogens with one attached hydrogen (secondary N) is 1. The maximum atomic E-state index is 11.7. The van der Waals surface area contributed by atoms with Crippen LogP contribution in [0, 0.1) is 0 Å². The molecule has 1 atom stereocenters. The molecule has 2 aromatic rings. The summed E-state index contributed by atoms with van der Waals surface area (Å²) < 4.78 is 0. The summed E-state index contributed by atoms with van der Waals surface area (Å²) in [6.07, 6.45) is 2.95. The number of carbonyl (C=O) groups excluding carboxylic acids is 1. The number of hydrogen-bond acceptors (Lipinski definition) is 2. The van der Waals surface area contributed by atoms with Crippen LogP contribution < -0.4 is 5.32 Å². The van der Waals surface area contributed by atoms with Crippen LogP contribution >= 0.6 is 0 Å². The molecule has 2 rings (SSSR count). The van der Waals surface area contributed by atoms with Crippen molar-refractivity contribution in [1.29, 1.82) is 0 Å². The molecule has 0 bridgehead atoms. The van der Waals surface area contributed by atoms with Gasteiger partial charge in [-0.05, 0) is 36.5 Å². The summed E-state index contributed by atoms with van der Waals surface area (Å²) in [5.41, 5.74) is 2.00. The first-order chi connectivity index (χ1) is 11.5. The van der Waals surface area contributed by atoms with E-state index < -0.39 is 5.60 Å². The Labute approximate surface area is 144 Å². The van der Waals surface area contributed by atoms with Crippen molar-refractivity contribution >= 4 is 5.91 Å². The van der Waals surface area contributed by atoms with Crippen LogP contribution in [-0.4, -0.2) is 17.6 Å². The van der Waals surface area contributed by atoms with Crippen molar-refractivity contribution in [3.63, 3.8) is 0 Å². The topological polar surface area (TPSA) is 49.3 Å². The highest BCUT2D eigenvalue weighted by Gasteiger charge is 2.26. The molecule has 0 aliphatic heterocycles. The van der Waals surface area contributed by atoms with Gasteiger partial charge in [0.15, 0.2) is 0 Å². The molecule has 0 saturated heterocycles. The molecule has 3 nitrogen and oxygen atoms in total. The van der Waals surface area contributed by atoms with Gasteiger partial charge in [-0.2, -0.15) is 0 Å². The number of unbranched alkanes of at least 4 members (excludes halogenated alkanes) is 1. The van der Waals surface area contributed by atoms with Crippen LogP contribution in [-0.2, 0) is 10.4 Å². The number of rotatable bonds is 8. The van der Waals surface area contributed by atoms with E-state index in [-0.39, 0.29) is 5.91 Å². The molecule has 0 radical (unpaired) electrons. The smallest absolute Gasteiger partial charge is 0.219 e. The summed E-state index contributed by atoms with van der Waals surface area (Å²) >= 11 is 0. The van der Waals surface area contributed by atoms with Gasteiger partial charge in [0.2, 0.25) is 5.91 Å². The molecule has 128 valence electrons. The summed E-state index contributed by atoms with van der Waals surface area (Å²) in [5, 5.41) is 13.9. The Balaban J connectivity index is 2.08. The van der Waals surface area contributed by atoms with E-state index in [1.54, 1.807) is 0 Å². The van der Waals surface area contributed by atoms with Gasteiger partial charge < -0.3 is 10.4 Å². The van der Waals surface area contributed by atoms with Gasteiger partial charge in [-0.3, -0.25) is 4.79 Å². The quantitative estimate of drug-likeness (QED) is 0.762. The van der Waals surface area contributed by atoms with Crippen molar-refractivity contribution < 1.29 is 9.90 Å². The van der Waals surface area contributed by atoms with E-state index in [9.17, 15) is 9.90 Å². The van der Waals surface area contributed by atoms with Crippen LogP contribution in [0.25, 0.3) is 11.1 Å². The van der Waals surface area contributed by atoms with Crippen molar-refractivity contribution in [1.82, 2.24) is 5.32 Å². The SMILES string of the molecule is CCCCC(=O)NCCC(C)(O)c1ccccc1-c1ccccc1. The lowest BCUT2D eigenvalue weighted by atomic mass is 9.86. The third-order valence-corrected chi connectivity index (χ3v) is 4.28. The zero-order chi connectivity index (χ0) is 17.4. The Bertz CT molecular complexity index is 650. The molecular weight excluding hydrogens is 298 g/mol. The lowest BCUT2D eigenvalue weighted by molar-refractivity contribution is -0.121. The molecule has 0 saturated carbocycles. The molecule has 3 heteroatoms. The Morgan fingerprint density at radius 3 is 2.46 bits per heavy atom. The van der Waals surface area contributed by atoms with Crippen LogP contribution in [0.5, 0.6) is 0 Å². The number of carbonyl (C=O) groups is 1. The van der Waals surface area contributed by atoms with E-state index in [1.807, 2.05) is 61.5 Å². The fraction of sp³-hybridized carbons (Fsp3) is 0.381. The van der Waals surface area contributed by atoms with Gasteiger partial charge in [0.05, 0.1) is 5.60 Å². The number of benzene rings is 2. The van der Waals surface area contributed by atoms with Gasteiger partial charge in [0.25, 0.3) is 0 Å². The normalized spacial score (nSPS) is 13.3. The van der Waals surface area contributed by atoms with E-state index in [2.05, 4.69) is 12.2 Å². The molecule has 0 aliphatic rings. The van der Waals surface area contributed by atoms with Gasteiger partial charge >= 0.3 is 0 Å². The molecule has 2 N–H and O–H groups in total. The lowest BCUT2D eigenvalue weighted by Gasteiger charge is -2.27. The van der Waals surface area contributed by atoms with Gasteiger partial charge in [0.1, 0.15) is 0 Å². The highest BCUT2D eigenvalue weighted by atomic mass is 16.3. The fourth-order valence-corrected chi connectivity index (χ4v) is 2.83. The molecule has 0 fully saturated rings. The summed E-state index contributed by atoms with van der Waals surface area (Å²) in [6, 6.07) is 18.0. The second-order valence-corrected chi connectivity index (χ2v) is 6.39. The first kappa shape index (κ1) is 18.2. The minimum atomic E-state index is -0.996. The highest BCUT2D eigenvalue weighted by molar-refractivity contribution is 5.75. The fourth-order valence-electron chi connectivity index (χ4n) is 2.83. The van der Waals surface area contributed by atoms with Crippen molar-refractivity contribution in [2.45, 2.75) is 45.1 Å². The number of amides is 1. The maximum Gasteiger partial charge on any atom is 0.219 e. The van der Waals surface area contributed by atoms with Gasteiger partial charge in [-0.1, -0.05) is 67.9 Å². The van der Waals surface area contributed by atoms with Crippen molar-refractivity contribution in [2.24, 2.45) is 0 Å². The largest absolute Gasteiger partial charge is 0.385 e. The molecule has 0 aliphatic carbocycles. The van der Waals surface area contributed by atoms with Crippen molar-refractivity contribution in [3.05, 3.63) is 60.2 Å². The zero-order valence-electron chi connectivity index (χ0n) is 14.6. The van der Waals surface area contributed by atoms with Gasteiger partial charge in [-0.25, -0.2) is 0 Å². The monoisotopic (exact) mass is 325 g/mol. The van der Waals surface area contributed by atoms with Crippen LogP contribution in [0.3, 0.4) is 0 Å². The zero-order valence-corrected chi connectivity index (χ0v) is 14.6. The first-order valence-electron chi connectivity index (χ1n) is 8.68. The van der Waals surface area contributed by atoms with Gasteiger partial charge in [0, 0.05) is 13.0 Å². The molecule has 24 heavy (non-hydrogen) atoms. The Kier molecular flexibility index (Phi) is 6.56. The van der Waals surface area contributed by atoms with Crippen LogP contribution in [0.15, 0.2) is 54.6 Å². The molecule has 1 unspecified atom stereocenters. The summed E-state index contributed by atoms with van der Waals surface area (Å²) in [4.78, 5) is 11.7. The second-order valence-electron chi connectivity index (χ2n) is 6.39. The minimum absolute atomic E-state index is 0.0593. The highest BCUT2D eigenvalue weighted by Crippen LogP contribution is 2.33. The number of hydrogen-bond donors (Lipinski definition) is 2. The molecular formula is C21H27NO2. The van der Waals surface area contributed by atoms with E-state index in [1.165, 1.54) is 0 Å². The molecule has 2 aromatic carbocycles. The van der Waals surface area contributed by atoms with E-state index in [0.29, 0.717) is 19.4 Å². The molecule has 1 amide bonds. The van der Waals surface area contributed by atoms with Crippen molar-refractivity contribution in [2.75, 3.05) is 6.54 Å². The Hall–Kier alpha value is -2.13. The van der Waals surface area contributed by atoms with E-state index in [0.717, 1.165) is 29.5 Å². The minimum Gasteiger partial charge on any atom is -0.385 e.